The standard InChI is InChI=1S/C14H17ClN2OS/c1-10(16-9-14-17-8-13(15)19-14)2-3-11-4-6-12(18)7-5-11/h4-8,10,16,18H,2-3,9H2,1H3. The number of thiazole rings is 1. The van der Waals surface area contributed by atoms with E-state index in [0.29, 0.717) is 11.8 Å². The van der Waals surface area contributed by atoms with Gasteiger partial charge in [0.2, 0.25) is 0 Å². The summed E-state index contributed by atoms with van der Waals surface area (Å²) in [7, 11) is 0. The van der Waals surface area contributed by atoms with Gasteiger partial charge < -0.3 is 10.4 Å². The largest absolute Gasteiger partial charge is 0.508 e. The van der Waals surface area contributed by atoms with Gasteiger partial charge >= 0.3 is 0 Å². The molecule has 2 N–H and O–H groups in total. The molecule has 1 heterocycles. The fourth-order valence-corrected chi connectivity index (χ4v) is 2.69. The van der Waals surface area contributed by atoms with E-state index in [4.69, 9.17) is 11.6 Å². The van der Waals surface area contributed by atoms with Gasteiger partial charge in [-0.1, -0.05) is 23.7 Å². The Bertz CT molecular complexity index is 512. The van der Waals surface area contributed by atoms with Crippen LogP contribution in [0.5, 0.6) is 5.75 Å². The third-order valence-corrected chi connectivity index (χ3v) is 4.04. The number of rotatable bonds is 6. The molecule has 0 fully saturated rings. The van der Waals surface area contributed by atoms with E-state index in [-0.39, 0.29) is 0 Å². The number of aryl methyl sites for hydroxylation is 1. The minimum absolute atomic E-state index is 0.315. The second kappa shape index (κ2) is 6.89. The van der Waals surface area contributed by atoms with Crippen LogP contribution in [0.2, 0.25) is 4.34 Å². The number of phenolic OH excluding ortho intramolecular Hbond substituents is 1. The lowest BCUT2D eigenvalue weighted by atomic mass is 10.1. The molecule has 19 heavy (non-hydrogen) atoms. The summed E-state index contributed by atoms with van der Waals surface area (Å²) in [5, 5.41) is 13.7. The Balaban J connectivity index is 1.72. The molecule has 0 saturated heterocycles. The lowest BCUT2D eigenvalue weighted by molar-refractivity contribution is 0.474. The van der Waals surface area contributed by atoms with Crippen LogP contribution in [0.15, 0.2) is 30.5 Å². The molecule has 3 nitrogen and oxygen atoms in total. The number of benzene rings is 1. The summed E-state index contributed by atoms with van der Waals surface area (Å²) in [5.41, 5.74) is 1.24. The zero-order valence-electron chi connectivity index (χ0n) is 10.8. The third kappa shape index (κ3) is 4.82. The predicted molar refractivity (Wildman–Crippen MR) is 79.9 cm³/mol. The molecule has 1 aromatic heterocycles. The third-order valence-electron chi connectivity index (χ3n) is 2.93. The van der Waals surface area contributed by atoms with Crippen molar-refractivity contribution >= 4 is 22.9 Å². The maximum absolute atomic E-state index is 9.22. The topological polar surface area (TPSA) is 45.1 Å². The van der Waals surface area contributed by atoms with Crippen LogP contribution in [-0.4, -0.2) is 16.1 Å². The van der Waals surface area contributed by atoms with Crippen molar-refractivity contribution in [1.82, 2.24) is 10.3 Å². The second-order valence-corrected chi connectivity index (χ2v) is 6.29. The summed E-state index contributed by atoms with van der Waals surface area (Å²) in [4.78, 5) is 4.21. The molecule has 0 saturated carbocycles. The number of nitrogens with one attached hydrogen (secondary N) is 1. The van der Waals surface area contributed by atoms with Gasteiger partial charge in [-0.2, -0.15) is 0 Å². The normalized spacial score (nSPS) is 12.5. The van der Waals surface area contributed by atoms with Gasteiger partial charge in [0, 0.05) is 12.6 Å². The average Bonchev–Trinajstić information content (AvgIpc) is 2.81. The predicted octanol–water partition coefficient (Wildman–Crippen LogP) is 3.61. The van der Waals surface area contributed by atoms with Crippen LogP contribution in [0.1, 0.15) is 23.9 Å². The fraction of sp³-hybridized carbons (Fsp3) is 0.357. The maximum Gasteiger partial charge on any atom is 0.115 e. The molecular weight excluding hydrogens is 280 g/mol. The summed E-state index contributed by atoms with van der Waals surface area (Å²) in [6, 6.07) is 7.79. The van der Waals surface area contributed by atoms with Crippen molar-refractivity contribution in [3.63, 3.8) is 0 Å². The Kier molecular flexibility index (Phi) is 5.19. The smallest absolute Gasteiger partial charge is 0.115 e. The monoisotopic (exact) mass is 296 g/mol. The van der Waals surface area contributed by atoms with E-state index in [9.17, 15) is 5.11 Å². The van der Waals surface area contributed by atoms with Crippen molar-refractivity contribution in [3.8, 4) is 5.75 Å². The van der Waals surface area contributed by atoms with E-state index in [0.717, 1.165) is 28.7 Å². The number of aromatic nitrogens is 1. The molecule has 0 aliphatic carbocycles. The number of hydrogen-bond donors (Lipinski definition) is 2. The average molecular weight is 297 g/mol. The van der Waals surface area contributed by atoms with Crippen LogP contribution in [-0.2, 0) is 13.0 Å². The summed E-state index contributed by atoms with van der Waals surface area (Å²) in [5.74, 6) is 0.315. The Morgan fingerprint density at radius 3 is 2.74 bits per heavy atom. The highest BCUT2D eigenvalue weighted by Gasteiger charge is 2.05. The molecule has 1 unspecified atom stereocenters. The van der Waals surface area contributed by atoms with E-state index in [1.54, 1.807) is 18.3 Å². The van der Waals surface area contributed by atoms with Crippen LogP contribution in [0, 0.1) is 0 Å². The highest BCUT2D eigenvalue weighted by molar-refractivity contribution is 7.15. The quantitative estimate of drug-likeness (QED) is 0.856. The van der Waals surface area contributed by atoms with Gasteiger partial charge in [0.1, 0.15) is 15.1 Å². The number of hydrogen-bond acceptors (Lipinski definition) is 4. The van der Waals surface area contributed by atoms with Crippen LogP contribution in [0.3, 0.4) is 0 Å². The van der Waals surface area contributed by atoms with Crippen molar-refractivity contribution in [2.24, 2.45) is 0 Å². The van der Waals surface area contributed by atoms with Crippen LogP contribution >= 0.6 is 22.9 Å². The van der Waals surface area contributed by atoms with Gasteiger partial charge in [0.05, 0.1) is 6.20 Å². The summed E-state index contributed by atoms with van der Waals surface area (Å²) in [6.07, 6.45) is 3.72. The molecule has 1 aromatic carbocycles. The van der Waals surface area contributed by atoms with Gasteiger partial charge in [-0.15, -0.1) is 11.3 Å². The Morgan fingerprint density at radius 1 is 1.37 bits per heavy atom. The van der Waals surface area contributed by atoms with Gasteiger partial charge in [0.25, 0.3) is 0 Å². The lowest BCUT2D eigenvalue weighted by Gasteiger charge is -2.12. The van der Waals surface area contributed by atoms with E-state index in [1.807, 2.05) is 12.1 Å². The van der Waals surface area contributed by atoms with Gasteiger partial charge in [-0.3, -0.25) is 0 Å². The van der Waals surface area contributed by atoms with E-state index < -0.39 is 0 Å². The zero-order valence-corrected chi connectivity index (χ0v) is 12.3. The van der Waals surface area contributed by atoms with Crippen LogP contribution in [0.25, 0.3) is 0 Å². The molecular formula is C14H17ClN2OS. The van der Waals surface area contributed by atoms with Crippen LogP contribution in [0.4, 0.5) is 0 Å². The molecule has 0 radical (unpaired) electrons. The zero-order chi connectivity index (χ0) is 13.7. The van der Waals surface area contributed by atoms with Gasteiger partial charge in [0.15, 0.2) is 0 Å². The Hall–Kier alpha value is -1.10. The van der Waals surface area contributed by atoms with Crippen molar-refractivity contribution in [3.05, 3.63) is 45.4 Å². The molecule has 0 spiro atoms. The van der Waals surface area contributed by atoms with E-state index >= 15 is 0 Å². The molecule has 0 aliphatic rings. The summed E-state index contributed by atoms with van der Waals surface area (Å²) >= 11 is 7.35. The molecule has 1 atom stereocenters. The Morgan fingerprint density at radius 2 is 2.11 bits per heavy atom. The van der Waals surface area contributed by atoms with Crippen molar-refractivity contribution < 1.29 is 5.11 Å². The number of halogens is 1. The number of phenols is 1. The van der Waals surface area contributed by atoms with Crippen molar-refractivity contribution in [1.29, 1.82) is 0 Å². The molecule has 102 valence electrons. The second-order valence-electron chi connectivity index (χ2n) is 4.55. The highest BCUT2D eigenvalue weighted by atomic mass is 35.5. The minimum atomic E-state index is 0.315. The fourth-order valence-electron chi connectivity index (χ4n) is 1.78. The SMILES string of the molecule is CC(CCc1ccc(O)cc1)NCc1ncc(Cl)s1. The van der Waals surface area contributed by atoms with Crippen molar-refractivity contribution in [2.75, 3.05) is 0 Å². The number of aromatic hydroxyl groups is 1. The highest BCUT2D eigenvalue weighted by Crippen LogP contribution is 2.18. The molecule has 0 bridgehead atoms. The molecule has 0 amide bonds. The van der Waals surface area contributed by atoms with E-state index in [2.05, 4.69) is 17.2 Å². The van der Waals surface area contributed by atoms with E-state index in [1.165, 1.54) is 16.9 Å². The molecule has 2 aromatic rings. The maximum atomic E-state index is 9.22. The Labute approximate surface area is 122 Å². The first-order valence-corrected chi connectivity index (χ1v) is 7.44. The lowest BCUT2D eigenvalue weighted by Crippen LogP contribution is -2.25. The van der Waals surface area contributed by atoms with Gasteiger partial charge in [-0.05, 0) is 37.5 Å². The first-order chi connectivity index (χ1) is 9.13. The number of nitrogens with zero attached hydrogens (tertiary/aromatic N) is 1. The van der Waals surface area contributed by atoms with Crippen LogP contribution < -0.4 is 5.32 Å². The van der Waals surface area contributed by atoms with Crippen molar-refractivity contribution in [2.45, 2.75) is 32.4 Å². The first-order valence-electron chi connectivity index (χ1n) is 6.25. The first kappa shape index (κ1) is 14.3. The molecule has 5 heteroatoms. The summed E-state index contributed by atoms with van der Waals surface area (Å²) < 4.78 is 0.730. The minimum Gasteiger partial charge on any atom is -0.508 e. The molecule has 2 rings (SSSR count). The van der Waals surface area contributed by atoms with Gasteiger partial charge in [-0.25, -0.2) is 4.98 Å². The molecule has 0 aliphatic heterocycles. The summed E-state index contributed by atoms with van der Waals surface area (Å²) in [6.45, 7) is 2.92.